The Hall–Kier alpha value is 0.863. The number of nitrogens with two attached hydrogens (primary N) is 1. The van der Waals surface area contributed by atoms with Gasteiger partial charge in [-0.1, -0.05) is 95.1 Å². The fourth-order valence-corrected chi connectivity index (χ4v) is 2.74. The zero-order valence-electron chi connectivity index (χ0n) is 12.1. The van der Waals surface area contributed by atoms with Gasteiger partial charge in [-0.2, -0.15) is 0 Å². The fourth-order valence-electron chi connectivity index (χ4n) is 1.94. The van der Waals surface area contributed by atoms with Crippen LogP contribution in [0.3, 0.4) is 0 Å². The standard InChI is InChI=1S/C14H29NS2.Zn/c1-2-3-4-5-6-7-8-9-10-11-12-13-17-14(15)16;/h2-13H2,1H3,(H2,15,16);. The Balaban J connectivity index is 0. The van der Waals surface area contributed by atoms with Gasteiger partial charge in [0, 0.05) is 25.2 Å². The molecular weight excluding hydrogens is 312 g/mol. The minimum Gasteiger partial charge on any atom is -0.385 e. The first kappa shape index (κ1) is 21.2. The van der Waals surface area contributed by atoms with Gasteiger partial charge in [-0.15, -0.1) is 0 Å². The molecule has 4 heteroatoms. The molecule has 1 nitrogen and oxygen atoms in total. The minimum absolute atomic E-state index is 0. The van der Waals surface area contributed by atoms with Crippen molar-refractivity contribution in [3.05, 3.63) is 0 Å². The van der Waals surface area contributed by atoms with Gasteiger partial charge >= 0.3 is 0 Å². The number of thiocarbonyl (C=S) groups is 1. The van der Waals surface area contributed by atoms with Crippen LogP contribution in [0.4, 0.5) is 0 Å². The van der Waals surface area contributed by atoms with Gasteiger partial charge in [-0.3, -0.25) is 0 Å². The molecule has 0 aromatic rings. The van der Waals surface area contributed by atoms with E-state index in [1.165, 1.54) is 70.6 Å². The molecule has 0 unspecified atom stereocenters. The van der Waals surface area contributed by atoms with Crippen molar-refractivity contribution in [1.29, 1.82) is 0 Å². The van der Waals surface area contributed by atoms with E-state index in [2.05, 4.69) is 6.92 Å². The van der Waals surface area contributed by atoms with Crippen LogP contribution in [0.25, 0.3) is 0 Å². The van der Waals surface area contributed by atoms with Crippen LogP contribution >= 0.6 is 24.0 Å². The third-order valence-electron chi connectivity index (χ3n) is 2.99. The van der Waals surface area contributed by atoms with E-state index in [4.69, 9.17) is 18.0 Å². The van der Waals surface area contributed by atoms with E-state index < -0.39 is 0 Å². The Kier molecular flexibility index (Phi) is 21.0. The molecular formula is C14H29NS2Zn. The van der Waals surface area contributed by atoms with E-state index in [1.54, 1.807) is 11.8 Å². The van der Waals surface area contributed by atoms with Crippen LogP contribution in [0.2, 0.25) is 0 Å². The molecule has 0 aliphatic heterocycles. The topological polar surface area (TPSA) is 26.0 Å². The summed E-state index contributed by atoms with van der Waals surface area (Å²) in [5, 5.41) is 0. The van der Waals surface area contributed by atoms with Crippen molar-refractivity contribution in [3.8, 4) is 0 Å². The Bertz CT molecular complexity index is 177. The van der Waals surface area contributed by atoms with Crippen LogP contribution in [-0.4, -0.2) is 10.1 Å². The van der Waals surface area contributed by atoms with Crippen molar-refractivity contribution in [1.82, 2.24) is 0 Å². The SMILES string of the molecule is CCCCCCCCCCCCCSC(N)=S.[Zn]. The quantitative estimate of drug-likeness (QED) is 0.297. The van der Waals surface area contributed by atoms with Gasteiger partial charge in [-0.25, -0.2) is 0 Å². The van der Waals surface area contributed by atoms with Crippen LogP contribution < -0.4 is 5.73 Å². The molecule has 0 bridgehead atoms. The molecule has 0 atom stereocenters. The normalized spacial score (nSPS) is 10.1. The van der Waals surface area contributed by atoms with Crippen LogP contribution in [0.1, 0.15) is 77.6 Å². The number of hydrogen-bond acceptors (Lipinski definition) is 2. The number of unbranched alkanes of at least 4 members (excludes halogenated alkanes) is 10. The smallest absolute Gasteiger partial charge is 0.131 e. The maximum absolute atomic E-state index is 5.42. The molecule has 2 N–H and O–H groups in total. The summed E-state index contributed by atoms with van der Waals surface area (Å²) in [6.07, 6.45) is 15.3. The van der Waals surface area contributed by atoms with Gasteiger partial charge in [-0.05, 0) is 6.42 Å². The van der Waals surface area contributed by atoms with Crippen molar-refractivity contribution in [3.63, 3.8) is 0 Å². The second-order valence-corrected chi connectivity index (χ2v) is 6.54. The van der Waals surface area contributed by atoms with E-state index in [9.17, 15) is 0 Å². The Morgan fingerprint density at radius 1 is 0.833 bits per heavy atom. The number of hydrogen-bond donors (Lipinski definition) is 1. The maximum atomic E-state index is 5.42. The monoisotopic (exact) mass is 339 g/mol. The summed E-state index contributed by atoms with van der Waals surface area (Å²) in [5.41, 5.74) is 5.42. The molecule has 0 amide bonds. The summed E-state index contributed by atoms with van der Waals surface area (Å²) in [5.74, 6) is 1.10. The molecule has 0 aliphatic rings. The molecule has 0 saturated heterocycles. The molecule has 0 heterocycles. The molecule has 0 fully saturated rings. The molecule has 0 aliphatic carbocycles. The fraction of sp³-hybridized carbons (Fsp3) is 0.929. The van der Waals surface area contributed by atoms with E-state index in [1.807, 2.05) is 0 Å². The van der Waals surface area contributed by atoms with Crippen LogP contribution in [-0.2, 0) is 19.5 Å². The first-order valence-electron chi connectivity index (χ1n) is 7.19. The van der Waals surface area contributed by atoms with Crippen molar-refractivity contribution in [2.24, 2.45) is 5.73 Å². The molecule has 104 valence electrons. The summed E-state index contributed by atoms with van der Waals surface area (Å²) < 4.78 is 0.595. The minimum atomic E-state index is 0. The number of rotatable bonds is 12. The first-order valence-corrected chi connectivity index (χ1v) is 8.59. The summed E-state index contributed by atoms with van der Waals surface area (Å²) in [7, 11) is 0. The van der Waals surface area contributed by atoms with E-state index in [-0.39, 0.29) is 19.5 Å². The van der Waals surface area contributed by atoms with Crippen molar-refractivity contribution >= 4 is 28.3 Å². The van der Waals surface area contributed by atoms with Gasteiger partial charge in [0.1, 0.15) is 4.32 Å². The molecule has 0 spiro atoms. The van der Waals surface area contributed by atoms with Gasteiger partial charge in [0.2, 0.25) is 0 Å². The predicted molar refractivity (Wildman–Crippen MR) is 85.7 cm³/mol. The largest absolute Gasteiger partial charge is 0.385 e. The molecule has 0 saturated carbocycles. The van der Waals surface area contributed by atoms with E-state index in [0.717, 1.165) is 5.75 Å². The van der Waals surface area contributed by atoms with Gasteiger partial charge in [0.15, 0.2) is 0 Å². The second-order valence-electron chi connectivity index (χ2n) is 4.70. The van der Waals surface area contributed by atoms with Crippen LogP contribution in [0, 0.1) is 0 Å². The molecule has 18 heavy (non-hydrogen) atoms. The number of thioether (sulfide) groups is 1. The average molecular weight is 341 g/mol. The Morgan fingerprint density at radius 2 is 1.22 bits per heavy atom. The second kappa shape index (κ2) is 17.9. The van der Waals surface area contributed by atoms with E-state index >= 15 is 0 Å². The molecule has 0 aromatic carbocycles. The molecule has 0 radical (unpaired) electrons. The van der Waals surface area contributed by atoms with Crippen molar-refractivity contribution in [2.75, 3.05) is 5.75 Å². The third kappa shape index (κ3) is 19.2. The predicted octanol–water partition coefficient (Wildman–Crippen LogP) is 5.27. The molecule has 0 rings (SSSR count). The average Bonchev–Trinajstić information content (AvgIpc) is 2.30. The van der Waals surface area contributed by atoms with Gasteiger partial charge < -0.3 is 5.73 Å². The summed E-state index contributed by atoms with van der Waals surface area (Å²) in [6, 6.07) is 0. The van der Waals surface area contributed by atoms with Crippen molar-refractivity contribution < 1.29 is 19.5 Å². The van der Waals surface area contributed by atoms with Gasteiger partial charge in [0.25, 0.3) is 0 Å². The Labute approximate surface area is 136 Å². The first-order chi connectivity index (χ1) is 8.27. The van der Waals surface area contributed by atoms with E-state index in [0.29, 0.717) is 4.32 Å². The summed E-state index contributed by atoms with van der Waals surface area (Å²) in [4.78, 5) is 0. The molecule has 0 aromatic heterocycles. The van der Waals surface area contributed by atoms with Crippen LogP contribution in [0.15, 0.2) is 0 Å². The Morgan fingerprint density at radius 3 is 1.61 bits per heavy atom. The summed E-state index contributed by atoms with van der Waals surface area (Å²) in [6.45, 7) is 2.27. The van der Waals surface area contributed by atoms with Crippen molar-refractivity contribution in [2.45, 2.75) is 77.6 Å². The third-order valence-corrected chi connectivity index (χ3v) is 4.12. The maximum Gasteiger partial charge on any atom is 0.131 e. The van der Waals surface area contributed by atoms with Gasteiger partial charge in [0.05, 0.1) is 0 Å². The summed E-state index contributed by atoms with van der Waals surface area (Å²) >= 11 is 6.44. The zero-order valence-corrected chi connectivity index (χ0v) is 16.7. The van der Waals surface area contributed by atoms with Crippen LogP contribution in [0.5, 0.6) is 0 Å². The zero-order chi connectivity index (χ0) is 12.8.